The molecule has 1 aromatic carbocycles. The summed E-state index contributed by atoms with van der Waals surface area (Å²) in [4.78, 5) is 0. The van der Waals surface area contributed by atoms with Crippen molar-refractivity contribution in [3.8, 4) is 0 Å². The van der Waals surface area contributed by atoms with Crippen molar-refractivity contribution in [2.75, 3.05) is 0 Å². The van der Waals surface area contributed by atoms with E-state index in [1.54, 1.807) is 0 Å². The number of aryl methyl sites for hydroxylation is 1. The van der Waals surface area contributed by atoms with Crippen LogP contribution < -0.4 is 0 Å². The van der Waals surface area contributed by atoms with E-state index in [0.717, 1.165) is 0 Å². The Morgan fingerprint density at radius 3 is 2.25 bits per heavy atom. The predicted octanol–water partition coefficient (Wildman–Crippen LogP) is 1.15. The molecule has 0 spiro atoms. The second kappa shape index (κ2) is 0.318. The third kappa shape index (κ3) is 0.0879. The van der Waals surface area contributed by atoms with Crippen molar-refractivity contribution in [2.45, 2.75) is 6.92 Å². The summed E-state index contributed by atoms with van der Waals surface area (Å²) in [5.41, 5.74) is 1.42. The van der Waals surface area contributed by atoms with Crippen LogP contribution in [0.15, 0.2) is 12.1 Å². The molecular weight excluding hydrogens is 48.0 g/mol. The van der Waals surface area contributed by atoms with E-state index in [-0.39, 0.29) is 0 Å². The molecule has 0 nitrogen and oxygen atoms in total. The molecule has 20 valence electrons. The van der Waals surface area contributed by atoms with Gasteiger partial charge in [0, 0.05) is 6.92 Å². The molecule has 0 radical (unpaired) electrons. The molecule has 0 amide bonds. The lowest BCUT2D eigenvalue weighted by atomic mass is 10.7. The zero-order chi connectivity index (χ0) is 2.99. The Kier molecular flexibility index (Phi) is 0.150. The monoisotopic (exact) mass is 53.0 g/mol. The fourth-order valence-corrected chi connectivity index (χ4v) is 0.0833. The SMILES string of the molecule is Cc1c[cH+]1. The molecule has 0 atom stereocenters. The van der Waals surface area contributed by atoms with Crippen LogP contribution in [0.5, 0.6) is 0 Å². The van der Waals surface area contributed by atoms with Gasteiger partial charge in [0.05, 0.1) is 0 Å². The third-order valence-corrected chi connectivity index (χ3v) is 0.500. The Bertz CT molecular complexity index is 58.6. The molecule has 0 heterocycles. The number of hydrogen-bond donors (Lipinski definition) is 0. The fraction of sp³-hybridized carbons (Fsp3) is 0.250. The van der Waals surface area contributed by atoms with Crippen molar-refractivity contribution in [3.05, 3.63) is 17.7 Å². The summed E-state index contributed by atoms with van der Waals surface area (Å²) in [6, 6.07) is 4.17. The van der Waals surface area contributed by atoms with Crippen molar-refractivity contribution in [3.63, 3.8) is 0 Å². The van der Waals surface area contributed by atoms with Crippen LogP contribution in [-0.2, 0) is 0 Å². The molecule has 0 bridgehead atoms. The summed E-state index contributed by atoms with van der Waals surface area (Å²) in [6.45, 7) is 2.08. The fourth-order valence-electron chi connectivity index (χ4n) is 0.0833. The first-order valence-electron chi connectivity index (χ1n) is 1.41. The van der Waals surface area contributed by atoms with Gasteiger partial charge in [-0.25, -0.2) is 0 Å². The van der Waals surface area contributed by atoms with Gasteiger partial charge in [-0.2, -0.15) is 0 Å². The molecule has 0 N–H and O–H groups in total. The van der Waals surface area contributed by atoms with Crippen LogP contribution in [-0.4, -0.2) is 0 Å². The minimum atomic E-state index is 1.42. The predicted molar refractivity (Wildman–Crippen MR) is 18.0 cm³/mol. The standard InChI is InChI=1S/C4H5/c1-4-2-3-4/h2-3H,1H3/q+1. The van der Waals surface area contributed by atoms with Gasteiger partial charge in [0.2, 0.25) is 0 Å². The quantitative estimate of drug-likeness (QED) is 0.389. The van der Waals surface area contributed by atoms with Crippen LogP contribution in [0.1, 0.15) is 5.56 Å². The highest BCUT2D eigenvalue weighted by molar-refractivity contribution is 5.19. The van der Waals surface area contributed by atoms with Crippen LogP contribution in [0.3, 0.4) is 0 Å². The van der Waals surface area contributed by atoms with Gasteiger partial charge in [0.15, 0.2) is 17.7 Å². The van der Waals surface area contributed by atoms with E-state index in [0.29, 0.717) is 0 Å². The summed E-state index contributed by atoms with van der Waals surface area (Å²) in [6.07, 6.45) is 0. The number of hydrogen-bond acceptors (Lipinski definition) is 0. The Labute approximate surface area is 25.8 Å². The summed E-state index contributed by atoms with van der Waals surface area (Å²) in [5, 5.41) is 0. The zero-order valence-electron chi connectivity index (χ0n) is 2.65. The van der Waals surface area contributed by atoms with Gasteiger partial charge in [-0.1, -0.05) is 0 Å². The van der Waals surface area contributed by atoms with Crippen molar-refractivity contribution >= 4 is 0 Å². The molecule has 4 heavy (non-hydrogen) atoms. The molecule has 0 aromatic heterocycles. The van der Waals surface area contributed by atoms with E-state index in [4.69, 9.17) is 0 Å². The van der Waals surface area contributed by atoms with E-state index < -0.39 is 0 Å². The lowest BCUT2D eigenvalue weighted by Crippen LogP contribution is -1.23. The van der Waals surface area contributed by atoms with Gasteiger partial charge in [0.25, 0.3) is 0 Å². The maximum atomic E-state index is 2.08. The average Bonchev–Trinajstić information content (AvgIpc) is 1.75. The van der Waals surface area contributed by atoms with Crippen LogP contribution in [0.2, 0.25) is 0 Å². The Hall–Kier alpha value is -0.390. The van der Waals surface area contributed by atoms with Gasteiger partial charge in [0.1, 0.15) is 0 Å². The summed E-state index contributed by atoms with van der Waals surface area (Å²) in [5.74, 6) is 0. The normalized spacial score (nSPS) is 9.25. The van der Waals surface area contributed by atoms with Crippen molar-refractivity contribution < 1.29 is 0 Å². The minimum absolute atomic E-state index is 1.42. The first-order chi connectivity index (χ1) is 1.89. The van der Waals surface area contributed by atoms with Crippen LogP contribution in [0.4, 0.5) is 0 Å². The van der Waals surface area contributed by atoms with E-state index in [2.05, 4.69) is 19.1 Å². The highest BCUT2D eigenvalue weighted by Crippen LogP contribution is 1.98. The second-order valence-electron chi connectivity index (χ2n) is 1.08. The number of rotatable bonds is 0. The van der Waals surface area contributed by atoms with E-state index in [1.807, 2.05) is 0 Å². The first kappa shape index (κ1) is 1.89. The molecule has 0 aliphatic heterocycles. The van der Waals surface area contributed by atoms with Gasteiger partial charge in [-0.05, 0) is 0 Å². The van der Waals surface area contributed by atoms with E-state index in [1.165, 1.54) is 5.56 Å². The van der Waals surface area contributed by atoms with Crippen LogP contribution in [0, 0.1) is 6.92 Å². The lowest BCUT2D eigenvalue weighted by Gasteiger charge is -1.24. The maximum Gasteiger partial charge on any atom is 0.157 e. The Morgan fingerprint density at radius 2 is 2.25 bits per heavy atom. The van der Waals surface area contributed by atoms with Crippen LogP contribution in [0.25, 0.3) is 0 Å². The molecule has 1 rings (SSSR count). The molecule has 0 saturated carbocycles. The van der Waals surface area contributed by atoms with Crippen molar-refractivity contribution in [2.24, 2.45) is 0 Å². The van der Waals surface area contributed by atoms with Crippen molar-refractivity contribution in [1.82, 2.24) is 0 Å². The van der Waals surface area contributed by atoms with Crippen LogP contribution >= 0.6 is 0 Å². The largest absolute Gasteiger partial charge is 0.157 e. The highest BCUT2D eigenvalue weighted by Gasteiger charge is 1.98. The summed E-state index contributed by atoms with van der Waals surface area (Å²) < 4.78 is 0. The van der Waals surface area contributed by atoms with Gasteiger partial charge in [-0.3, -0.25) is 0 Å². The highest BCUT2D eigenvalue weighted by atomic mass is 13.9. The molecule has 0 fully saturated rings. The average molecular weight is 53.1 g/mol. The molecular formula is C4H5+. The zero-order valence-corrected chi connectivity index (χ0v) is 2.65. The third-order valence-electron chi connectivity index (χ3n) is 0.500. The van der Waals surface area contributed by atoms with E-state index >= 15 is 0 Å². The molecule has 0 heteroatoms. The minimum Gasteiger partial charge on any atom is 0.0329 e. The molecule has 0 saturated heterocycles. The second-order valence-corrected chi connectivity index (χ2v) is 1.08. The maximum absolute atomic E-state index is 2.08. The molecule has 0 aliphatic rings. The molecule has 0 aliphatic carbocycles. The molecule has 1 aromatic rings. The summed E-state index contributed by atoms with van der Waals surface area (Å²) >= 11 is 0. The van der Waals surface area contributed by atoms with E-state index in [9.17, 15) is 0 Å². The lowest BCUT2D eigenvalue weighted by molar-refractivity contribution is 1.69. The Balaban J connectivity index is 2.81. The van der Waals surface area contributed by atoms with Gasteiger partial charge < -0.3 is 0 Å². The van der Waals surface area contributed by atoms with Crippen molar-refractivity contribution in [1.29, 1.82) is 0 Å². The molecule has 0 unspecified atom stereocenters. The van der Waals surface area contributed by atoms with Gasteiger partial charge >= 0.3 is 0 Å². The smallest absolute Gasteiger partial charge is 0.0329 e. The first-order valence-corrected chi connectivity index (χ1v) is 1.41. The Morgan fingerprint density at radius 1 is 2.00 bits per heavy atom. The summed E-state index contributed by atoms with van der Waals surface area (Å²) in [7, 11) is 0. The topological polar surface area (TPSA) is 0 Å². The van der Waals surface area contributed by atoms with Gasteiger partial charge in [-0.15, -0.1) is 0 Å².